The van der Waals surface area contributed by atoms with E-state index in [-0.39, 0.29) is 34.7 Å². The van der Waals surface area contributed by atoms with Gasteiger partial charge in [-0.2, -0.15) is 0 Å². The maximum atomic E-state index is 12.1. The van der Waals surface area contributed by atoms with Crippen molar-refractivity contribution in [1.82, 2.24) is 15.4 Å². The maximum Gasteiger partial charge on any atom is 0.273 e. The van der Waals surface area contributed by atoms with E-state index >= 15 is 0 Å². The van der Waals surface area contributed by atoms with Crippen LogP contribution in [0, 0.1) is 6.92 Å². The van der Waals surface area contributed by atoms with Gasteiger partial charge in [-0.1, -0.05) is 11.6 Å². The highest BCUT2D eigenvalue weighted by atomic mass is 35.5. The van der Waals surface area contributed by atoms with Crippen molar-refractivity contribution >= 4 is 28.3 Å². The number of furan rings is 1. The third-order valence-electron chi connectivity index (χ3n) is 3.31. The van der Waals surface area contributed by atoms with Crippen molar-refractivity contribution in [2.24, 2.45) is 0 Å². The van der Waals surface area contributed by atoms with E-state index in [0.717, 1.165) is 25.1 Å². The number of carbonyl (C=O) groups excluding carboxylic acids is 1. The molecule has 0 saturated heterocycles. The zero-order valence-electron chi connectivity index (χ0n) is 12.4. The molecule has 0 aromatic carbocycles. The Balaban J connectivity index is 0.00000242. The number of rotatable bonds is 5. The predicted octanol–water partition coefficient (Wildman–Crippen LogP) is 0.567. The number of hydrogen-bond donors (Lipinski definition) is 3. The van der Waals surface area contributed by atoms with Crippen LogP contribution in [0.15, 0.2) is 27.2 Å². The first-order chi connectivity index (χ1) is 9.94. The molecule has 1 aromatic rings. The fourth-order valence-corrected chi connectivity index (χ4v) is 2.74. The Hall–Kier alpha value is -1.35. The molecule has 0 fully saturated rings. The quantitative estimate of drug-likeness (QED) is 0.675. The molecule has 2 heterocycles. The summed E-state index contributed by atoms with van der Waals surface area (Å²) in [6.07, 6.45) is 2.94. The summed E-state index contributed by atoms with van der Waals surface area (Å²) in [5.74, 6) is -0.0612. The summed E-state index contributed by atoms with van der Waals surface area (Å²) in [5.41, 5.74) is 1.39. The topological polar surface area (TPSA) is 100 Å². The number of carbonyl (C=O) groups is 1. The third-order valence-corrected chi connectivity index (χ3v) is 4.58. The molecule has 1 aromatic heterocycles. The molecule has 0 atom stereocenters. The van der Waals surface area contributed by atoms with Gasteiger partial charge in [0.05, 0.1) is 5.56 Å². The molecule has 9 heteroatoms. The Morgan fingerprint density at radius 3 is 2.77 bits per heavy atom. The Morgan fingerprint density at radius 2 is 2.18 bits per heavy atom. The van der Waals surface area contributed by atoms with Crippen LogP contribution in [0.3, 0.4) is 0 Å². The Kier molecular flexibility index (Phi) is 6.61. The molecule has 1 aliphatic rings. The molecule has 0 radical (unpaired) electrons. The van der Waals surface area contributed by atoms with Crippen LogP contribution in [0.4, 0.5) is 0 Å². The second kappa shape index (κ2) is 7.77. The summed E-state index contributed by atoms with van der Waals surface area (Å²) >= 11 is 0. The summed E-state index contributed by atoms with van der Waals surface area (Å²) in [4.78, 5) is 12.1. The Labute approximate surface area is 136 Å². The van der Waals surface area contributed by atoms with E-state index in [1.165, 1.54) is 13.1 Å². The van der Waals surface area contributed by atoms with Crippen molar-refractivity contribution in [3.63, 3.8) is 0 Å². The van der Waals surface area contributed by atoms with Gasteiger partial charge in [0.2, 0.25) is 5.09 Å². The number of nitrogens with one attached hydrogen (secondary N) is 3. The number of hydrogen-bond acceptors (Lipinski definition) is 5. The molecule has 2 rings (SSSR count). The molecule has 1 amide bonds. The zero-order valence-corrected chi connectivity index (χ0v) is 14.1. The van der Waals surface area contributed by atoms with Crippen molar-refractivity contribution in [2.75, 3.05) is 26.7 Å². The predicted molar refractivity (Wildman–Crippen MR) is 84.8 cm³/mol. The van der Waals surface area contributed by atoms with E-state index in [2.05, 4.69) is 15.4 Å². The van der Waals surface area contributed by atoms with Crippen LogP contribution in [0.2, 0.25) is 0 Å². The number of halogens is 1. The minimum Gasteiger partial charge on any atom is -0.448 e. The van der Waals surface area contributed by atoms with Crippen molar-refractivity contribution in [3.8, 4) is 0 Å². The van der Waals surface area contributed by atoms with Gasteiger partial charge in [0.15, 0.2) is 0 Å². The molecule has 1 aliphatic heterocycles. The minimum absolute atomic E-state index is 0. The molecule has 3 N–H and O–H groups in total. The van der Waals surface area contributed by atoms with Gasteiger partial charge < -0.3 is 15.1 Å². The average molecular weight is 350 g/mol. The van der Waals surface area contributed by atoms with Gasteiger partial charge in [-0.05, 0) is 26.9 Å². The van der Waals surface area contributed by atoms with Gasteiger partial charge in [-0.25, -0.2) is 13.1 Å². The number of sulfonamides is 1. The normalized spacial score (nSPS) is 14.9. The van der Waals surface area contributed by atoms with E-state index in [0.29, 0.717) is 6.54 Å². The second-order valence-electron chi connectivity index (χ2n) is 4.74. The molecule has 0 aliphatic carbocycles. The average Bonchev–Trinajstić information content (AvgIpc) is 2.89. The molecule has 22 heavy (non-hydrogen) atoms. The minimum atomic E-state index is -3.69. The number of amides is 1. The van der Waals surface area contributed by atoms with Gasteiger partial charge in [-0.15, -0.1) is 12.4 Å². The van der Waals surface area contributed by atoms with Crippen LogP contribution in [-0.2, 0) is 10.0 Å². The molecule has 0 unspecified atom stereocenters. The zero-order chi connectivity index (χ0) is 15.5. The van der Waals surface area contributed by atoms with Crippen LogP contribution < -0.4 is 15.4 Å². The summed E-state index contributed by atoms with van der Waals surface area (Å²) in [5, 5.41) is 5.72. The highest BCUT2D eigenvalue weighted by Gasteiger charge is 2.22. The van der Waals surface area contributed by atoms with Crippen LogP contribution in [0.1, 0.15) is 22.5 Å². The molecule has 0 saturated carbocycles. The number of aryl methyl sites for hydroxylation is 1. The van der Waals surface area contributed by atoms with Gasteiger partial charge in [-0.3, -0.25) is 4.79 Å². The van der Waals surface area contributed by atoms with Crippen molar-refractivity contribution in [1.29, 1.82) is 0 Å². The van der Waals surface area contributed by atoms with E-state index in [1.807, 2.05) is 6.08 Å². The lowest BCUT2D eigenvalue weighted by Crippen LogP contribution is -2.29. The Bertz CT molecular complexity index is 667. The first-order valence-electron chi connectivity index (χ1n) is 6.65. The maximum absolute atomic E-state index is 12.1. The summed E-state index contributed by atoms with van der Waals surface area (Å²) in [6.45, 7) is 3.73. The first kappa shape index (κ1) is 18.7. The van der Waals surface area contributed by atoms with E-state index in [1.54, 1.807) is 6.92 Å². The van der Waals surface area contributed by atoms with Gasteiger partial charge in [0.1, 0.15) is 5.76 Å². The SMILES string of the molecule is CNS(=O)(=O)c1cc(C(=O)NCC2=CCNCC2)c(C)o1.Cl. The lowest BCUT2D eigenvalue weighted by molar-refractivity contribution is 0.0955. The van der Waals surface area contributed by atoms with Gasteiger partial charge >= 0.3 is 0 Å². The van der Waals surface area contributed by atoms with Gasteiger partial charge in [0, 0.05) is 19.2 Å². The fraction of sp³-hybridized carbons (Fsp3) is 0.462. The van der Waals surface area contributed by atoms with Crippen LogP contribution in [0.5, 0.6) is 0 Å². The first-order valence-corrected chi connectivity index (χ1v) is 8.13. The van der Waals surface area contributed by atoms with Crippen LogP contribution in [-0.4, -0.2) is 41.0 Å². The molecule has 0 spiro atoms. The molecular weight excluding hydrogens is 330 g/mol. The van der Waals surface area contributed by atoms with Crippen molar-refractivity contribution < 1.29 is 17.6 Å². The van der Waals surface area contributed by atoms with E-state index in [9.17, 15) is 13.2 Å². The largest absolute Gasteiger partial charge is 0.448 e. The van der Waals surface area contributed by atoms with E-state index < -0.39 is 10.0 Å². The summed E-state index contributed by atoms with van der Waals surface area (Å²) < 4.78 is 30.6. The second-order valence-corrected chi connectivity index (χ2v) is 6.56. The molecule has 124 valence electrons. The highest BCUT2D eigenvalue weighted by Crippen LogP contribution is 2.18. The Morgan fingerprint density at radius 1 is 1.45 bits per heavy atom. The monoisotopic (exact) mass is 349 g/mol. The third kappa shape index (κ3) is 4.33. The van der Waals surface area contributed by atoms with Crippen LogP contribution in [0.25, 0.3) is 0 Å². The van der Waals surface area contributed by atoms with Gasteiger partial charge in [0.25, 0.3) is 15.9 Å². The smallest absolute Gasteiger partial charge is 0.273 e. The molecule has 0 bridgehead atoms. The fourth-order valence-electron chi connectivity index (χ4n) is 2.03. The summed E-state index contributed by atoms with van der Waals surface area (Å²) in [7, 11) is -2.40. The van der Waals surface area contributed by atoms with Crippen LogP contribution >= 0.6 is 12.4 Å². The lowest BCUT2D eigenvalue weighted by atomic mass is 10.1. The lowest BCUT2D eigenvalue weighted by Gasteiger charge is -2.14. The van der Waals surface area contributed by atoms with Crippen molar-refractivity contribution in [2.45, 2.75) is 18.4 Å². The highest BCUT2D eigenvalue weighted by molar-refractivity contribution is 7.89. The van der Waals surface area contributed by atoms with Crippen molar-refractivity contribution in [3.05, 3.63) is 29.0 Å². The molecular formula is C13H20ClN3O4S. The van der Waals surface area contributed by atoms with E-state index in [4.69, 9.17) is 4.42 Å². The summed E-state index contributed by atoms with van der Waals surface area (Å²) in [6, 6.07) is 1.24. The molecule has 7 nitrogen and oxygen atoms in total. The standard InChI is InChI=1S/C13H19N3O4S.ClH/c1-9-11(7-12(20-9)21(18,19)14-2)13(17)16-8-10-3-5-15-6-4-10;/h3,7,14-15H,4-6,8H2,1-2H3,(H,16,17);1H.